The third-order valence-electron chi connectivity index (χ3n) is 5.30. The largest absolute Gasteiger partial charge is 0.393 e. The molecule has 3 aromatic rings. The number of hydrogen-bond acceptors (Lipinski definition) is 7. The second-order valence-corrected chi connectivity index (χ2v) is 7.47. The molecule has 0 unspecified atom stereocenters. The van der Waals surface area contributed by atoms with Crippen molar-refractivity contribution >= 4 is 35.0 Å². The summed E-state index contributed by atoms with van der Waals surface area (Å²) in [6.45, 7) is 0.594. The van der Waals surface area contributed by atoms with Gasteiger partial charge >= 0.3 is 0 Å². The summed E-state index contributed by atoms with van der Waals surface area (Å²) in [6.07, 6.45) is 7.33. The first-order valence-electron chi connectivity index (χ1n) is 10.2. The lowest BCUT2D eigenvalue weighted by Gasteiger charge is -2.26. The van der Waals surface area contributed by atoms with Gasteiger partial charge in [-0.2, -0.15) is 4.98 Å². The average molecular weight is 411 g/mol. The minimum Gasteiger partial charge on any atom is -0.393 e. The average Bonchev–Trinajstić information content (AvgIpc) is 3.08. The fourth-order valence-electron chi connectivity index (χ4n) is 3.70. The zero-order valence-corrected chi connectivity index (χ0v) is 16.9. The molecule has 0 atom stereocenters. The maximum atomic E-state index is 14.1. The van der Waals surface area contributed by atoms with Gasteiger partial charge in [0.1, 0.15) is 11.3 Å². The van der Waals surface area contributed by atoms with Gasteiger partial charge in [0.15, 0.2) is 5.65 Å². The number of imidazole rings is 1. The number of fused-ring (bicyclic) bond motifs is 1. The summed E-state index contributed by atoms with van der Waals surface area (Å²) in [5, 5.41) is 16.2. The van der Waals surface area contributed by atoms with E-state index >= 15 is 0 Å². The Morgan fingerprint density at radius 3 is 2.80 bits per heavy atom. The van der Waals surface area contributed by atoms with Gasteiger partial charge in [-0.1, -0.05) is 12.1 Å². The Labute approximate surface area is 174 Å². The highest BCUT2D eigenvalue weighted by Gasteiger charge is 2.21. The quantitative estimate of drug-likeness (QED) is 0.515. The Bertz CT molecular complexity index is 1030. The van der Waals surface area contributed by atoms with E-state index in [2.05, 4.69) is 30.6 Å². The fraction of sp³-hybridized carbons (Fsp3) is 0.429. The van der Waals surface area contributed by atoms with E-state index in [1.165, 1.54) is 6.07 Å². The molecule has 0 radical (unpaired) electrons. The van der Waals surface area contributed by atoms with E-state index < -0.39 is 0 Å². The first-order valence-corrected chi connectivity index (χ1v) is 10.2. The van der Waals surface area contributed by atoms with Crippen LogP contribution < -0.4 is 10.6 Å². The zero-order valence-electron chi connectivity index (χ0n) is 16.9. The van der Waals surface area contributed by atoms with Crippen LogP contribution in [0.3, 0.4) is 0 Å². The third kappa shape index (κ3) is 4.56. The second kappa shape index (κ2) is 9.17. The van der Waals surface area contributed by atoms with Crippen molar-refractivity contribution in [2.75, 3.05) is 17.7 Å². The summed E-state index contributed by atoms with van der Waals surface area (Å²) >= 11 is 0. The molecule has 1 aromatic carbocycles. The second-order valence-electron chi connectivity index (χ2n) is 7.47. The highest BCUT2D eigenvalue weighted by molar-refractivity contribution is 5.76. The summed E-state index contributed by atoms with van der Waals surface area (Å²) in [4.78, 5) is 17.7. The van der Waals surface area contributed by atoms with Crippen molar-refractivity contribution in [2.24, 2.45) is 4.99 Å². The Kier molecular flexibility index (Phi) is 6.18. The SMILES string of the molecule is CN=CCCn1c(Nc2ccccc2F)nc2cnc(NC3CCC(O)CC3)nc21. The van der Waals surface area contributed by atoms with Gasteiger partial charge in [-0.05, 0) is 37.8 Å². The first-order chi connectivity index (χ1) is 14.6. The summed E-state index contributed by atoms with van der Waals surface area (Å²) in [5.41, 5.74) is 1.66. The molecule has 1 fully saturated rings. The number of aliphatic hydroxyl groups excluding tert-OH is 1. The molecule has 2 heterocycles. The molecule has 1 aliphatic carbocycles. The van der Waals surface area contributed by atoms with Crippen molar-refractivity contribution in [1.29, 1.82) is 0 Å². The van der Waals surface area contributed by atoms with Crippen molar-refractivity contribution in [3.05, 3.63) is 36.3 Å². The minimum atomic E-state index is -0.348. The van der Waals surface area contributed by atoms with E-state index in [1.54, 1.807) is 31.4 Å². The molecule has 158 valence electrons. The van der Waals surface area contributed by atoms with Crippen molar-refractivity contribution < 1.29 is 9.50 Å². The molecular weight excluding hydrogens is 385 g/mol. The number of benzene rings is 1. The lowest BCUT2D eigenvalue weighted by molar-refractivity contribution is 0.126. The van der Waals surface area contributed by atoms with Gasteiger partial charge < -0.3 is 20.7 Å². The van der Waals surface area contributed by atoms with Crippen LogP contribution in [0.2, 0.25) is 0 Å². The standard InChI is InChI=1S/C21H26FN7O/c1-23-11-4-12-29-19-18(27-21(29)26-17-6-3-2-5-16(17)22)13-24-20(28-19)25-14-7-9-15(30)10-8-14/h2-3,5-6,11,13-15,30H,4,7-10,12H2,1H3,(H,26,27)(H,24,25,28). The van der Waals surface area contributed by atoms with Gasteiger partial charge in [0.25, 0.3) is 0 Å². The Hall–Kier alpha value is -3.07. The fourth-order valence-corrected chi connectivity index (χ4v) is 3.70. The predicted molar refractivity (Wildman–Crippen MR) is 116 cm³/mol. The first kappa shape index (κ1) is 20.2. The zero-order chi connectivity index (χ0) is 20.9. The van der Waals surface area contributed by atoms with Crippen LogP contribution in [-0.4, -0.2) is 50.0 Å². The van der Waals surface area contributed by atoms with Gasteiger partial charge in [-0.15, -0.1) is 0 Å². The highest BCUT2D eigenvalue weighted by atomic mass is 19.1. The normalized spacial score (nSPS) is 19.4. The van der Waals surface area contributed by atoms with Gasteiger partial charge in [0, 0.05) is 32.3 Å². The number of para-hydroxylation sites is 1. The number of halogens is 1. The van der Waals surface area contributed by atoms with E-state index in [0.717, 1.165) is 25.7 Å². The number of nitrogens with one attached hydrogen (secondary N) is 2. The van der Waals surface area contributed by atoms with Crippen molar-refractivity contribution in [3.63, 3.8) is 0 Å². The summed E-state index contributed by atoms with van der Waals surface area (Å²) < 4.78 is 16.1. The maximum absolute atomic E-state index is 14.1. The molecule has 1 saturated carbocycles. The molecular formula is C21H26FN7O. The van der Waals surface area contributed by atoms with Crippen LogP contribution in [0.5, 0.6) is 0 Å². The van der Waals surface area contributed by atoms with Gasteiger partial charge in [0.2, 0.25) is 11.9 Å². The number of aryl methyl sites for hydroxylation is 1. The number of aromatic nitrogens is 4. The molecule has 9 heteroatoms. The molecule has 8 nitrogen and oxygen atoms in total. The lowest BCUT2D eigenvalue weighted by Crippen LogP contribution is -2.28. The number of aliphatic hydroxyl groups is 1. The van der Waals surface area contributed by atoms with Gasteiger partial charge in [0.05, 0.1) is 18.0 Å². The van der Waals surface area contributed by atoms with Gasteiger partial charge in [-0.25, -0.2) is 14.4 Å². The van der Waals surface area contributed by atoms with E-state index in [0.29, 0.717) is 41.7 Å². The molecule has 0 amide bonds. The number of rotatable bonds is 7. The van der Waals surface area contributed by atoms with Crippen LogP contribution in [0.15, 0.2) is 35.5 Å². The highest BCUT2D eigenvalue weighted by Crippen LogP contribution is 2.25. The van der Waals surface area contributed by atoms with Gasteiger partial charge in [-0.3, -0.25) is 4.57 Å². The summed E-state index contributed by atoms with van der Waals surface area (Å²) in [6, 6.07) is 6.73. The lowest BCUT2D eigenvalue weighted by atomic mass is 9.93. The Morgan fingerprint density at radius 2 is 2.03 bits per heavy atom. The molecule has 1 aliphatic rings. The maximum Gasteiger partial charge on any atom is 0.224 e. The Morgan fingerprint density at radius 1 is 1.23 bits per heavy atom. The monoisotopic (exact) mass is 411 g/mol. The minimum absolute atomic E-state index is 0.208. The molecule has 0 aliphatic heterocycles. The molecule has 30 heavy (non-hydrogen) atoms. The number of anilines is 3. The molecule has 0 spiro atoms. The third-order valence-corrected chi connectivity index (χ3v) is 5.30. The van der Waals surface area contributed by atoms with E-state index in [4.69, 9.17) is 0 Å². The van der Waals surface area contributed by atoms with E-state index in [1.807, 2.05) is 10.8 Å². The number of nitrogens with zero attached hydrogens (tertiary/aromatic N) is 5. The molecule has 2 aromatic heterocycles. The van der Waals surface area contributed by atoms with Crippen LogP contribution in [0, 0.1) is 5.82 Å². The van der Waals surface area contributed by atoms with Crippen LogP contribution in [-0.2, 0) is 6.54 Å². The smallest absolute Gasteiger partial charge is 0.224 e. The van der Waals surface area contributed by atoms with Crippen molar-refractivity contribution in [3.8, 4) is 0 Å². The summed E-state index contributed by atoms with van der Waals surface area (Å²) in [5.74, 6) is 0.692. The number of aliphatic imine (C=N–C) groups is 1. The van der Waals surface area contributed by atoms with E-state index in [-0.39, 0.29) is 18.0 Å². The van der Waals surface area contributed by atoms with E-state index in [9.17, 15) is 9.50 Å². The molecule has 3 N–H and O–H groups in total. The van der Waals surface area contributed by atoms with Crippen LogP contribution in [0.4, 0.5) is 22.0 Å². The molecule has 0 saturated heterocycles. The van der Waals surface area contributed by atoms with Crippen molar-refractivity contribution in [1.82, 2.24) is 19.5 Å². The van der Waals surface area contributed by atoms with Crippen LogP contribution in [0.1, 0.15) is 32.1 Å². The van der Waals surface area contributed by atoms with Crippen LogP contribution >= 0.6 is 0 Å². The topological polar surface area (TPSA) is 100 Å². The Balaban J connectivity index is 1.63. The molecule has 4 rings (SSSR count). The molecule has 0 bridgehead atoms. The van der Waals surface area contributed by atoms with Crippen molar-refractivity contribution in [2.45, 2.75) is 50.8 Å². The summed E-state index contributed by atoms with van der Waals surface area (Å²) in [7, 11) is 1.73. The van der Waals surface area contributed by atoms with Crippen LogP contribution in [0.25, 0.3) is 11.2 Å². The number of hydrogen-bond donors (Lipinski definition) is 3. The predicted octanol–water partition coefficient (Wildman–Crippen LogP) is 3.52.